The van der Waals surface area contributed by atoms with Gasteiger partial charge in [0.15, 0.2) is 5.76 Å². The monoisotopic (exact) mass is 471 g/mol. The number of benzene rings is 2. The van der Waals surface area contributed by atoms with Crippen LogP contribution in [0.1, 0.15) is 37.5 Å². The fourth-order valence-corrected chi connectivity index (χ4v) is 5.11. The molecular formula is C24H19Cl2NO3S. The summed E-state index contributed by atoms with van der Waals surface area (Å²) in [5, 5.41) is 3.08. The first-order valence-corrected chi connectivity index (χ1v) is 11.5. The van der Waals surface area contributed by atoms with Crippen LogP contribution in [-0.4, -0.2) is 17.4 Å². The summed E-state index contributed by atoms with van der Waals surface area (Å²) < 4.78 is 12.1. The highest BCUT2D eigenvalue weighted by atomic mass is 35.5. The van der Waals surface area contributed by atoms with Crippen LogP contribution in [0.4, 0.5) is 0 Å². The molecule has 0 aliphatic carbocycles. The van der Waals surface area contributed by atoms with E-state index in [0.717, 1.165) is 32.9 Å². The van der Waals surface area contributed by atoms with Crippen LogP contribution in [0.2, 0.25) is 10.0 Å². The second-order valence-electron chi connectivity index (χ2n) is 7.78. The SMILES string of the molecule is Cc1ccsc1/C=C1\Oc2c(cc3c(c2C)OCN(Cc2ccc(Cl)c(Cl)c2)C3)C1=O. The Morgan fingerprint density at radius 3 is 2.71 bits per heavy atom. The second-order valence-corrected chi connectivity index (χ2v) is 9.55. The highest BCUT2D eigenvalue weighted by Crippen LogP contribution is 2.43. The van der Waals surface area contributed by atoms with Gasteiger partial charge in [-0.05, 0) is 54.6 Å². The molecule has 7 heteroatoms. The van der Waals surface area contributed by atoms with E-state index in [4.69, 9.17) is 32.7 Å². The summed E-state index contributed by atoms with van der Waals surface area (Å²) in [6.07, 6.45) is 1.83. The molecule has 3 aromatic rings. The molecule has 1 aromatic heterocycles. The van der Waals surface area contributed by atoms with E-state index in [9.17, 15) is 4.79 Å². The number of rotatable bonds is 3. The van der Waals surface area contributed by atoms with Crippen molar-refractivity contribution in [2.24, 2.45) is 0 Å². The van der Waals surface area contributed by atoms with Crippen LogP contribution < -0.4 is 9.47 Å². The van der Waals surface area contributed by atoms with Gasteiger partial charge in [-0.25, -0.2) is 0 Å². The van der Waals surface area contributed by atoms with Crippen LogP contribution >= 0.6 is 34.5 Å². The number of carbonyl (C=O) groups excluding carboxylic acids is 1. The third-order valence-corrected chi connectivity index (χ3v) is 7.26. The first kappa shape index (κ1) is 20.6. The summed E-state index contributed by atoms with van der Waals surface area (Å²) in [6.45, 7) is 5.74. The van der Waals surface area contributed by atoms with Gasteiger partial charge in [-0.15, -0.1) is 11.3 Å². The van der Waals surface area contributed by atoms with E-state index >= 15 is 0 Å². The van der Waals surface area contributed by atoms with Crippen molar-refractivity contribution in [3.63, 3.8) is 0 Å². The third-order valence-electron chi connectivity index (χ3n) is 5.56. The lowest BCUT2D eigenvalue weighted by molar-refractivity contribution is 0.0876. The van der Waals surface area contributed by atoms with Crippen LogP contribution in [-0.2, 0) is 13.1 Å². The zero-order valence-corrected chi connectivity index (χ0v) is 19.3. The molecule has 158 valence electrons. The van der Waals surface area contributed by atoms with Crippen molar-refractivity contribution in [3.8, 4) is 11.5 Å². The summed E-state index contributed by atoms with van der Waals surface area (Å²) in [5.41, 5.74) is 4.61. The molecule has 2 aliphatic rings. The molecule has 0 saturated heterocycles. The van der Waals surface area contributed by atoms with Crippen molar-refractivity contribution in [1.29, 1.82) is 0 Å². The minimum Gasteiger partial charge on any atom is -0.477 e. The van der Waals surface area contributed by atoms with E-state index in [2.05, 4.69) is 4.90 Å². The smallest absolute Gasteiger partial charge is 0.232 e. The topological polar surface area (TPSA) is 38.8 Å². The number of hydrogen-bond donors (Lipinski definition) is 0. The number of ketones is 1. The predicted molar refractivity (Wildman–Crippen MR) is 124 cm³/mol. The lowest BCUT2D eigenvalue weighted by Gasteiger charge is -2.30. The Hall–Kier alpha value is -2.31. The van der Waals surface area contributed by atoms with Crippen molar-refractivity contribution >= 4 is 46.4 Å². The van der Waals surface area contributed by atoms with Crippen molar-refractivity contribution in [1.82, 2.24) is 4.90 Å². The quantitative estimate of drug-likeness (QED) is 0.401. The summed E-state index contributed by atoms with van der Waals surface area (Å²) >= 11 is 13.8. The molecule has 4 nitrogen and oxygen atoms in total. The molecule has 31 heavy (non-hydrogen) atoms. The average molecular weight is 472 g/mol. The summed E-state index contributed by atoms with van der Waals surface area (Å²) in [7, 11) is 0. The summed E-state index contributed by atoms with van der Waals surface area (Å²) in [5.74, 6) is 1.67. The zero-order chi connectivity index (χ0) is 21.7. The number of hydrogen-bond acceptors (Lipinski definition) is 5. The van der Waals surface area contributed by atoms with Gasteiger partial charge in [0.25, 0.3) is 0 Å². The summed E-state index contributed by atoms with van der Waals surface area (Å²) in [4.78, 5) is 16.2. The van der Waals surface area contributed by atoms with Crippen molar-refractivity contribution in [3.05, 3.63) is 84.2 Å². The maximum Gasteiger partial charge on any atom is 0.232 e. The molecule has 0 saturated carbocycles. The molecular weight excluding hydrogens is 453 g/mol. The first-order chi connectivity index (χ1) is 14.9. The first-order valence-electron chi connectivity index (χ1n) is 9.84. The van der Waals surface area contributed by atoms with Crippen LogP contribution in [0.25, 0.3) is 6.08 Å². The lowest BCUT2D eigenvalue weighted by atomic mass is 10.00. The minimum atomic E-state index is -0.0877. The highest BCUT2D eigenvalue weighted by molar-refractivity contribution is 7.11. The fraction of sp³-hybridized carbons (Fsp3) is 0.208. The molecule has 0 amide bonds. The van der Waals surface area contributed by atoms with Gasteiger partial charge in [-0.1, -0.05) is 29.3 Å². The van der Waals surface area contributed by atoms with E-state index in [0.29, 0.717) is 46.9 Å². The molecule has 0 radical (unpaired) electrons. The Morgan fingerprint density at radius 2 is 1.97 bits per heavy atom. The van der Waals surface area contributed by atoms with E-state index in [1.54, 1.807) is 17.4 Å². The maximum atomic E-state index is 13.0. The van der Waals surface area contributed by atoms with E-state index in [1.165, 1.54) is 0 Å². The van der Waals surface area contributed by atoms with Gasteiger partial charge < -0.3 is 9.47 Å². The van der Waals surface area contributed by atoms with Crippen LogP contribution in [0.5, 0.6) is 11.5 Å². The molecule has 2 aromatic carbocycles. The number of thiophene rings is 1. The standard InChI is InChI=1S/C24H19Cl2NO3S/c1-13-5-6-31-21(13)9-20-22(28)17-8-16-11-27(10-15-3-4-18(25)19(26)7-15)12-29-23(16)14(2)24(17)30-20/h3-9H,10-12H2,1-2H3/b20-9-. The van der Waals surface area contributed by atoms with Gasteiger partial charge in [0.05, 0.1) is 15.6 Å². The Labute approximate surface area is 194 Å². The predicted octanol–water partition coefficient (Wildman–Crippen LogP) is 6.64. The Morgan fingerprint density at radius 1 is 1.13 bits per heavy atom. The number of allylic oxidation sites excluding steroid dienone is 1. The normalized spacial score (nSPS) is 16.8. The highest BCUT2D eigenvalue weighted by Gasteiger charge is 2.33. The zero-order valence-electron chi connectivity index (χ0n) is 17.0. The van der Waals surface area contributed by atoms with Crippen molar-refractivity contribution < 1.29 is 14.3 Å². The Balaban J connectivity index is 1.42. The molecule has 0 fully saturated rings. The Bertz CT molecular complexity index is 1250. The van der Waals surface area contributed by atoms with Crippen LogP contribution in [0, 0.1) is 13.8 Å². The van der Waals surface area contributed by atoms with Crippen LogP contribution in [0.3, 0.4) is 0 Å². The molecule has 0 spiro atoms. The second kappa shape index (κ2) is 7.99. The number of carbonyl (C=O) groups is 1. The number of fused-ring (bicyclic) bond motifs is 2. The Kier molecular flexibility index (Phi) is 5.30. The average Bonchev–Trinajstić information content (AvgIpc) is 3.29. The van der Waals surface area contributed by atoms with Crippen molar-refractivity contribution in [2.45, 2.75) is 26.9 Å². The largest absolute Gasteiger partial charge is 0.477 e. The number of halogens is 2. The molecule has 0 N–H and O–H groups in total. The number of Topliss-reactive ketones (excluding diaryl/α,β-unsaturated/α-hetero) is 1. The van der Waals surface area contributed by atoms with E-state index < -0.39 is 0 Å². The minimum absolute atomic E-state index is 0.0877. The molecule has 0 unspecified atom stereocenters. The van der Waals surface area contributed by atoms with Crippen LogP contribution in [0.15, 0.2) is 41.5 Å². The number of nitrogens with zero attached hydrogens (tertiary/aromatic N) is 1. The van der Waals surface area contributed by atoms with Gasteiger partial charge in [0, 0.05) is 35.2 Å². The van der Waals surface area contributed by atoms with Crippen molar-refractivity contribution in [2.75, 3.05) is 6.73 Å². The molecule has 0 atom stereocenters. The van der Waals surface area contributed by atoms with Gasteiger partial charge in [-0.3, -0.25) is 9.69 Å². The lowest BCUT2D eigenvalue weighted by Crippen LogP contribution is -2.32. The van der Waals surface area contributed by atoms with Gasteiger partial charge >= 0.3 is 0 Å². The fourth-order valence-electron chi connectivity index (χ4n) is 3.95. The molecule has 3 heterocycles. The van der Waals surface area contributed by atoms with Gasteiger partial charge in [0.1, 0.15) is 18.2 Å². The molecule has 2 aliphatic heterocycles. The maximum absolute atomic E-state index is 13.0. The molecule has 5 rings (SSSR count). The van der Waals surface area contributed by atoms with E-state index in [1.807, 2.05) is 49.6 Å². The molecule has 0 bridgehead atoms. The third kappa shape index (κ3) is 3.76. The number of ether oxygens (including phenoxy) is 2. The van der Waals surface area contributed by atoms with E-state index in [-0.39, 0.29) is 5.78 Å². The van der Waals surface area contributed by atoms with Gasteiger partial charge in [0.2, 0.25) is 5.78 Å². The van der Waals surface area contributed by atoms with Gasteiger partial charge in [-0.2, -0.15) is 0 Å². The number of aryl methyl sites for hydroxylation is 1. The summed E-state index contributed by atoms with van der Waals surface area (Å²) in [6, 6.07) is 9.56.